The van der Waals surface area contributed by atoms with Crippen molar-refractivity contribution in [3.05, 3.63) is 48.0 Å². The fraction of sp³-hybridized carbons (Fsp3) is 0.565. The Morgan fingerprint density at radius 3 is 2.67 bits per heavy atom. The Bertz CT molecular complexity index is 998. The van der Waals surface area contributed by atoms with Crippen molar-refractivity contribution < 1.29 is 0 Å². The van der Waals surface area contributed by atoms with Gasteiger partial charge in [0.15, 0.2) is 0 Å². The first-order chi connectivity index (χ1) is 14.6. The van der Waals surface area contributed by atoms with E-state index in [1.807, 2.05) is 10.9 Å². The Balaban J connectivity index is 1.37. The van der Waals surface area contributed by atoms with Gasteiger partial charge in [0.05, 0.1) is 17.9 Å². The van der Waals surface area contributed by atoms with Crippen LogP contribution in [0.2, 0.25) is 0 Å². The van der Waals surface area contributed by atoms with E-state index in [-0.39, 0.29) is 0 Å². The van der Waals surface area contributed by atoms with Crippen LogP contribution < -0.4 is 4.90 Å². The molecule has 0 aliphatic carbocycles. The summed E-state index contributed by atoms with van der Waals surface area (Å²) < 4.78 is 4.34. The summed E-state index contributed by atoms with van der Waals surface area (Å²) in [4.78, 5) is 12.5. The molecule has 5 heterocycles. The molecule has 30 heavy (non-hydrogen) atoms. The van der Waals surface area contributed by atoms with Gasteiger partial charge in [-0.05, 0) is 45.9 Å². The number of fused-ring (bicyclic) bond motifs is 1. The maximum Gasteiger partial charge on any atom is 0.138 e. The predicted molar refractivity (Wildman–Crippen MR) is 120 cm³/mol. The zero-order valence-corrected chi connectivity index (χ0v) is 18.4. The SMILES string of the molecule is CC(C)n1cc(CN2CCN(C)[C@H](c3cn4c(N5CCCC5)cccc4n3)C2)cn1. The van der Waals surface area contributed by atoms with Crippen LogP contribution in [0, 0.1) is 0 Å². The number of imidazole rings is 1. The van der Waals surface area contributed by atoms with Gasteiger partial charge < -0.3 is 4.90 Å². The molecule has 0 spiro atoms. The monoisotopic (exact) mass is 407 g/mol. The summed E-state index contributed by atoms with van der Waals surface area (Å²) in [6.45, 7) is 10.7. The lowest BCUT2D eigenvalue weighted by Crippen LogP contribution is -2.46. The highest BCUT2D eigenvalue weighted by molar-refractivity contribution is 5.53. The number of likely N-dealkylation sites (N-methyl/N-ethyl adjacent to an activating group) is 1. The van der Waals surface area contributed by atoms with E-state index in [2.05, 4.69) is 75.7 Å². The Kier molecular flexibility index (Phi) is 5.25. The van der Waals surface area contributed by atoms with Crippen LogP contribution >= 0.6 is 0 Å². The molecule has 7 nitrogen and oxygen atoms in total. The minimum absolute atomic E-state index is 0.310. The molecule has 0 radical (unpaired) electrons. The number of piperazine rings is 1. The van der Waals surface area contributed by atoms with Crippen molar-refractivity contribution >= 4 is 11.5 Å². The zero-order chi connectivity index (χ0) is 20.7. The molecule has 0 amide bonds. The van der Waals surface area contributed by atoms with Gasteiger partial charge in [0.1, 0.15) is 11.5 Å². The minimum Gasteiger partial charge on any atom is -0.358 e. The standard InChI is InChI=1S/C23H33N7/c1-18(2)30-15-19(13-24-30)14-27-12-11-26(3)21(17-27)20-16-29-22(25-20)7-6-8-23(29)28-9-4-5-10-28/h6-8,13,15-16,18,21H,4-5,9-12,14,17H2,1-3H3/t21-/m0/s1. The van der Waals surface area contributed by atoms with Gasteiger partial charge in [-0.1, -0.05) is 6.07 Å². The van der Waals surface area contributed by atoms with Crippen LogP contribution in [0.1, 0.15) is 50.0 Å². The molecule has 0 bridgehead atoms. The molecule has 5 rings (SSSR count). The molecule has 2 aliphatic heterocycles. The zero-order valence-electron chi connectivity index (χ0n) is 18.4. The van der Waals surface area contributed by atoms with E-state index in [4.69, 9.17) is 4.98 Å². The summed E-state index contributed by atoms with van der Waals surface area (Å²) in [6.07, 6.45) is 9.04. The van der Waals surface area contributed by atoms with Gasteiger partial charge in [0, 0.05) is 63.3 Å². The third-order valence-electron chi connectivity index (χ3n) is 6.58. The molecule has 1 atom stereocenters. The molecule has 3 aromatic heterocycles. The highest BCUT2D eigenvalue weighted by Crippen LogP contribution is 2.28. The Morgan fingerprint density at radius 2 is 1.90 bits per heavy atom. The molecule has 0 saturated carbocycles. The van der Waals surface area contributed by atoms with Crippen LogP contribution in [-0.4, -0.2) is 68.7 Å². The maximum atomic E-state index is 5.04. The molecule has 0 aromatic carbocycles. The summed E-state index contributed by atoms with van der Waals surface area (Å²) in [7, 11) is 2.23. The number of hydrogen-bond donors (Lipinski definition) is 0. The first-order valence-corrected chi connectivity index (χ1v) is 11.3. The van der Waals surface area contributed by atoms with Crippen LogP contribution in [0.15, 0.2) is 36.8 Å². The van der Waals surface area contributed by atoms with Crippen LogP contribution in [-0.2, 0) is 6.54 Å². The van der Waals surface area contributed by atoms with Gasteiger partial charge in [0.25, 0.3) is 0 Å². The van der Waals surface area contributed by atoms with Crippen molar-refractivity contribution in [1.29, 1.82) is 0 Å². The molecule has 160 valence electrons. The summed E-state index contributed by atoms with van der Waals surface area (Å²) in [5.41, 5.74) is 3.52. The second kappa shape index (κ2) is 8.04. The second-order valence-electron chi connectivity index (χ2n) is 9.13. The fourth-order valence-electron chi connectivity index (χ4n) is 4.77. The van der Waals surface area contributed by atoms with E-state index in [1.165, 1.54) is 29.9 Å². The molecular weight excluding hydrogens is 374 g/mol. The molecule has 0 unspecified atom stereocenters. The Morgan fingerprint density at radius 1 is 1.07 bits per heavy atom. The van der Waals surface area contributed by atoms with Crippen molar-refractivity contribution in [3.8, 4) is 0 Å². The normalized spacial score (nSPS) is 21.3. The van der Waals surface area contributed by atoms with E-state index in [1.54, 1.807) is 0 Å². The molecule has 7 heteroatoms. The van der Waals surface area contributed by atoms with Crippen molar-refractivity contribution in [2.24, 2.45) is 0 Å². The van der Waals surface area contributed by atoms with E-state index < -0.39 is 0 Å². The highest BCUT2D eigenvalue weighted by atomic mass is 15.3. The quantitative estimate of drug-likeness (QED) is 0.650. The maximum absolute atomic E-state index is 5.04. The highest BCUT2D eigenvalue weighted by Gasteiger charge is 2.28. The number of anilines is 1. The second-order valence-corrected chi connectivity index (χ2v) is 9.13. The smallest absolute Gasteiger partial charge is 0.138 e. The molecular formula is C23H33N7. The topological polar surface area (TPSA) is 44.8 Å². The van der Waals surface area contributed by atoms with Gasteiger partial charge in [0.2, 0.25) is 0 Å². The Labute approximate surface area is 178 Å². The number of rotatable bonds is 5. The lowest BCUT2D eigenvalue weighted by atomic mass is 10.1. The van der Waals surface area contributed by atoms with Crippen molar-refractivity contribution in [2.45, 2.75) is 45.3 Å². The average molecular weight is 408 g/mol. The van der Waals surface area contributed by atoms with Crippen LogP contribution in [0.4, 0.5) is 5.82 Å². The minimum atomic E-state index is 0.310. The third-order valence-corrected chi connectivity index (χ3v) is 6.58. The molecule has 2 saturated heterocycles. The number of nitrogens with zero attached hydrogens (tertiary/aromatic N) is 7. The summed E-state index contributed by atoms with van der Waals surface area (Å²) in [5, 5.41) is 4.51. The number of hydrogen-bond acceptors (Lipinski definition) is 5. The molecule has 2 fully saturated rings. The van der Waals surface area contributed by atoms with E-state index >= 15 is 0 Å². The van der Waals surface area contributed by atoms with Gasteiger partial charge in [-0.2, -0.15) is 5.10 Å². The van der Waals surface area contributed by atoms with Crippen molar-refractivity contribution in [1.82, 2.24) is 29.0 Å². The third kappa shape index (κ3) is 3.72. The van der Waals surface area contributed by atoms with Crippen LogP contribution in [0.3, 0.4) is 0 Å². The predicted octanol–water partition coefficient (Wildman–Crippen LogP) is 3.20. The van der Waals surface area contributed by atoms with Gasteiger partial charge in [-0.15, -0.1) is 0 Å². The lowest BCUT2D eigenvalue weighted by Gasteiger charge is -2.38. The van der Waals surface area contributed by atoms with Gasteiger partial charge in [-0.3, -0.25) is 18.9 Å². The van der Waals surface area contributed by atoms with Gasteiger partial charge >= 0.3 is 0 Å². The largest absolute Gasteiger partial charge is 0.358 e. The summed E-state index contributed by atoms with van der Waals surface area (Å²) in [5.74, 6) is 1.28. The van der Waals surface area contributed by atoms with Crippen molar-refractivity contribution in [3.63, 3.8) is 0 Å². The first kappa shape index (κ1) is 19.6. The molecule has 2 aliphatic rings. The van der Waals surface area contributed by atoms with E-state index in [0.717, 1.165) is 44.9 Å². The number of aromatic nitrogens is 4. The first-order valence-electron chi connectivity index (χ1n) is 11.3. The van der Waals surface area contributed by atoms with E-state index in [9.17, 15) is 0 Å². The van der Waals surface area contributed by atoms with E-state index in [0.29, 0.717) is 12.1 Å². The summed E-state index contributed by atoms with van der Waals surface area (Å²) >= 11 is 0. The van der Waals surface area contributed by atoms with Crippen molar-refractivity contribution in [2.75, 3.05) is 44.7 Å². The summed E-state index contributed by atoms with van der Waals surface area (Å²) in [6, 6.07) is 7.21. The molecule has 3 aromatic rings. The number of pyridine rings is 1. The van der Waals surface area contributed by atoms with Crippen LogP contribution in [0.25, 0.3) is 5.65 Å². The fourth-order valence-corrected chi connectivity index (χ4v) is 4.77. The Hall–Kier alpha value is -2.38. The van der Waals surface area contributed by atoms with Crippen LogP contribution in [0.5, 0.6) is 0 Å². The lowest BCUT2D eigenvalue weighted by molar-refractivity contribution is 0.0885. The molecule has 0 N–H and O–H groups in total. The average Bonchev–Trinajstić information content (AvgIpc) is 3.49. The van der Waals surface area contributed by atoms with Gasteiger partial charge in [-0.25, -0.2) is 4.98 Å².